The lowest BCUT2D eigenvalue weighted by molar-refractivity contribution is 0.396. The quantitative estimate of drug-likeness (QED) is 0.801. The molecule has 0 radical (unpaired) electrons. The molecule has 1 unspecified atom stereocenters. The maximum absolute atomic E-state index is 6.14. The molecule has 0 fully saturated rings. The Balaban J connectivity index is 2.16. The zero-order chi connectivity index (χ0) is 14.4. The van der Waals surface area contributed by atoms with Gasteiger partial charge >= 0.3 is 0 Å². The topological polar surface area (TPSA) is 21.3 Å². The third-order valence-corrected chi connectivity index (χ3v) is 4.29. The highest BCUT2D eigenvalue weighted by atomic mass is 35.5. The van der Waals surface area contributed by atoms with Crippen molar-refractivity contribution in [2.75, 3.05) is 13.7 Å². The molecule has 2 rings (SSSR count). The molecule has 2 aromatic rings. The molecule has 4 heteroatoms. The van der Waals surface area contributed by atoms with Crippen molar-refractivity contribution in [1.29, 1.82) is 0 Å². The van der Waals surface area contributed by atoms with E-state index in [0.717, 1.165) is 35.7 Å². The van der Waals surface area contributed by atoms with Crippen LogP contribution in [0.3, 0.4) is 0 Å². The summed E-state index contributed by atoms with van der Waals surface area (Å²) in [6.07, 6.45) is 2.08. The van der Waals surface area contributed by atoms with Gasteiger partial charge in [-0.15, -0.1) is 0 Å². The number of hydrogen-bond acceptors (Lipinski definition) is 3. The number of hydrogen-bond donors (Lipinski definition) is 1. The molecule has 0 saturated carbocycles. The predicted octanol–water partition coefficient (Wildman–Crippen LogP) is 4.69. The molecule has 1 atom stereocenters. The normalized spacial score (nSPS) is 12.3. The Kier molecular flexibility index (Phi) is 5.89. The van der Waals surface area contributed by atoms with E-state index in [1.54, 1.807) is 18.4 Å². The molecule has 0 amide bonds. The van der Waals surface area contributed by atoms with Crippen LogP contribution in [-0.2, 0) is 6.42 Å². The molecule has 2 nitrogen and oxygen atoms in total. The molecule has 0 saturated heterocycles. The summed E-state index contributed by atoms with van der Waals surface area (Å²) < 4.78 is 5.47. The number of methoxy groups -OCH3 is 1. The molecule has 1 aromatic carbocycles. The number of thiophene rings is 1. The van der Waals surface area contributed by atoms with Crippen molar-refractivity contribution in [2.45, 2.75) is 25.8 Å². The summed E-state index contributed by atoms with van der Waals surface area (Å²) in [5.41, 5.74) is 2.52. The first kappa shape index (κ1) is 15.4. The summed E-state index contributed by atoms with van der Waals surface area (Å²) in [6.45, 7) is 3.04. The van der Waals surface area contributed by atoms with Gasteiger partial charge in [-0.3, -0.25) is 0 Å². The predicted molar refractivity (Wildman–Crippen MR) is 87.1 cm³/mol. The Morgan fingerprint density at radius 3 is 2.85 bits per heavy atom. The maximum atomic E-state index is 6.14. The summed E-state index contributed by atoms with van der Waals surface area (Å²) in [4.78, 5) is 0. The minimum atomic E-state index is 0.258. The van der Waals surface area contributed by atoms with E-state index in [1.807, 2.05) is 18.2 Å². The molecule has 0 aliphatic heterocycles. The first-order chi connectivity index (χ1) is 9.74. The Morgan fingerprint density at radius 1 is 1.35 bits per heavy atom. The largest absolute Gasteiger partial charge is 0.496 e. The van der Waals surface area contributed by atoms with Crippen LogP contribution in [0.25, 0.3) is 0 Å². The molecule has 0 aliphatic rings. The Hall–Kier alpha value is -1.03. The average Bonchev–Trinajstić information content (AvgIpc) is 2.96. The van der Waals surface area contributed by atoms with Crippen LogP contribution < -0.4 is 10.1 Å². The second-order valence-corrected chi connectivity index (χ2v) is 5.88. The van der Waals surface area contributed by atoms with Crippen LogP contribution >= 0.6 is 22.9 Å². The van der Waals surface area contributed by atoms with Crippen molar-refractivity contribution in [3.8, 4) is 5.75 Å². The van der Waals surface area contributed by atoms with Crippen molar-refractivity contribution in [1.82, 2.24) is 5.32 Å². The van der Waals surface area contributed by atoms with Crippen molar-refractivity contribution < 1.29 is 4.74 Å². The fourth-order valence-corrected chi connectivity index (χ4v) is 3.22. The first-order valence-corrected chi connectivity index (χ1v) is 8.14. The summed E-state index contributed by atoms with van der Waals surface area (Å²) in [7, 11) is 1.70. The summed E-state index contributed by atoms with van der Waals surface area (Å²) in [5, 5.41) is 8.61. The third kappa shape index (κ3) is 3.98. The highest BCUT2D eigenvalue weighted by Gasteiger charge is 2.16. The SMILES string of the molecule is CCNC(CCc1ccsc1)c1cc(Cl)ccc1OC. The van der Waals surface area contributed by atoms with Crippen LogP contribution in [0.5, 0.6) is 5.75 Å². The molecule has 0 spiro atoms. The van der Waals surface area contributed by atoms with Crippen molar-refractivity contribution >= 4 is 22.9 Å². The molecular formula is C16H20ClNOS. The van der Waals surface area contributed by atoms with E-state index in [2.05, 4.69) is 29.1 Å². The molecule has 0 aliphatic carbocycles. The number of halogens is 1. The van der Waals surface area contributed by atoms with Gasteiger partial charge in [-0.2, -0.15) is 11.3 Å². The van der Waals surface area contributed by atoms with Crippen LogP contribution in [0.2, 0.25) is 5.02 Å². The summed E-state index contributed by atoms with van der Waals surface area (Å²) in [6, 6.07) is 8.25. The maximum Gasteiger partial charge on any atom is 0.123 e. The summed E-state index contributed by atoms with van der Waals surface area (Å²) in [5.74, 6) is 0.894. The fraction of sp³-hybridized carbons (Fsp3) is 0.375. The van der Waals surface area contributed by atoms with E-state index >= 15 is 0 Å². The number of rotatable bonds is 7. The van der Waals surface area contributed by atoms with E-state index in [1.165, 1.54) is 5.56 Å². The first-order valence-electron chi connectivity index (χ1n) is 6.82. The van der Waals surface area contributed by atoms with Gasteiger partial charge in [-0.05, 0) is 60.0 Å². The van der Waals surface area contributed by atoms with Crippen molar-refractivity contribution in [3.05, 3.63) is 51.2 Å². The van der Waals surface area contributed by atoms with Gasteiger partial charge in [0, 0.05) is 16.6 Å². The van der Waals surface area contributed by atoms with E-state index in [9.17, 15) is 0 Å². The van der Waals surface area contributed by atoms with Gasteiger partial charge in [0.25, 0.3) is 0 Å². The van der Waals surface area contributed by atoms with Crippen LogP contribution in [0, 0.1) is 0 Å². The smallest absolute Gasteiger partial charge is 0.123 e. The van der Waals surface area contributed by atoms with Crippen LogP contribution in [0.1, 0.15) is 30.5 Å². The van der Waals surface area contributed by atoms with Gasteiger partial charge < -0.3 is 10.1 Å². The summed E-state index contributed by atoms with van der Waals surface area (Å²) >= 11 is 7.88. The van der Waals surface area contributed by atoms with Gasteiger partial charge in [0.2, 0.25) is 0 Å². The second kappa shape index (κ2) is 7.67. The molecule has 1 heterocycles. The third-order valence-electron chi connectivity index (χ3n) is 3.32. The number of ether oxygens (including phenoxy) is 1. The number of aryl methyl sites for hydroxylation is 1. The molecule has 108 valence electrons. The van der Waals surface area contributed by atoms with E-state index in [0.29, 0.717) is 0 Å². The highest BCUT2D eigenvalue weighted by molar-refractivity contribution is 7.07. The molecule has 20 heavy (non-hydrogen) atoms. The van der Waals surface area contributed by atoms with Crippen LogP contribution in [0.4, 0.5) is 0 Å². The van der Waals surface area contributed by atoms with E-state index in [-0.39, 0.29) is 6.04 Å². The van der Waals surface area contributed by atoms with Crippen molar-refractivity contribution in [3.63, 3.8) is 0 Å². The Bertz CT molecular complexity index is 527. The highest BCUT2D eigenvalue weighted by Crippen LogP contribution is 2.31. The fourth-order valence-electron chi connectivity index (χ4n) is 2.34. The zero-order valence-electron chi connectivity index (χ0n) is 11.9. The molecule has 0 bridgehead atoms. The zero-order valence-corrected chi connectivity index (χ0v) is 13.4. The van der Waals surface area contributed by atoms with Crippen LogP contribution in [0.15, 0.2) is 35.0 Å². The van der Waals surface area contributed by atoms with Gasteiger partial charge in [-0.25, -0.2) is 0 Å². The van der Waals surface area contributed by atoms with Gasteiger partial charge in [-0.1, -0.05) is 18.5 Å². The lowest BCUT2D eigenvalue weighted by Crippen LogP contribution is -2.22. The molecule has 1 N–H and O–H groups in total. The monoisotopic (exact) mass is 309 g/mol. The lowest BCUT2D eigenvalue weighted by Gasteiger charge is -2.21. The lowest BCUT2D eigenvalue weighted by atomic mass is 9.99. The number of nitrogens with one attached hydrogen (secondary N) is 1. The minimum absolute atomic E-state index is 0.258. The average molecular weight is 310 g/mol. The van der Waals surface area contributed by atoms with Crippen LogP contribution in [-0.4, -0.2) is 13.7 Å². The molecule has 1 aromatic heterocycles. The molecular weight excluding hydrogens is 290 g/mol. The Labute approximate surface area is 129 Å². The van der Waals surface area contributed by atoms with E-state index in [4.69, 9.17) is 16.3 Å². The van der Waals surface area contributed by atoms with Crippen molar-refractivity contribution in [2.24, 2.45) is 0 Å². The second-order valence-electron chi connectivity index (χ2n) is 4.67. The van der Waals surface area contributed by atoms with Gasteiger partial charge in [0.15, 0.2) is 0 Å². The van der Waals surface area contributed by atoms with Gasteiger partial charge in [0.1, 0.15) is 5.75 Å². The van der Waals surface area contributed by atoms with E-state index < -0.39 is 0 Å². The Morgan fingerprint density at radius 2 is 2.20 bits per heavy atom. The minimum Gasteiger partial charge on any atom is -0.496 e. The number of benzene rings is 1. The standard InChI is InChI=1S/C16H20ClNOS/c1-3-18-15(6-4-12-8-9-20-11-12)14-10-13(17)5-7-16(14)19-2/h5,7-11,15,18H,3-4,6H2,1-2H3. The van der Waals surface area contributed by atoms with Gasteiger partial charge in [0.05, 0.1) is 7.11 Å².